The third kappa shape index (κ3) is 4.56. The standard InChI is InChI=1S/C27H24FN7OS/c1-2-3-4-24(36)31-16-11-15(13-29-14-16)19-5-6-20-25(32-19)26(35-34-20)21-12-18-17(9-10-30-27(18)33-21)22-7-8-23(28)37-22/h5-14,24,31,36H,2-4H2,1H3,(H,30,33)(H,34,35). The van der Waals surface area contributed by atoms with Gasteiger partial charge in [-0.2, -0.15) is 9.49 Å². The Kier molecular flexibility index (Phi) is 6.11. The lowest BCUT2D eigenvalue weighted by molar-refractivity contribution is 0.190. The molecule has 186 valence electrons. The Balaban J connectivity index is 1.36. The van der Waals surface area contributed by atoms with E-state index in [0.29, 0.717) is 23.3 Å². The lowest BCUT2D eigenvalue weighted by Crippen LogP contribution is -2.18. The second kappa shape index (κ2) is 9.72. The minimum Gasteiger partial charge on any atom is -0.374 e. The number of aromatic nitrogens is 6. The van der Waals surface area contributed by atoms with Gasteiger partial charge in [-0.1, -0.05) is 13.3 Å². The molecule has 0 amide bonds. The Labute approximate surface area is 215 Å². The van der Waals surface area contributed by atoms with Crippen molar-refractivity contribution < 1.29 is 9.50 Å². The number of hydrogen-bond acceptors (Lipinski definition) is 7. The Morgan fingerprint density at radius 3 is 2.89 bits per heavy atom. The maximum Gasteiger partial charge on any atom is 0.176 e. The molecule has 6 heterocycles. The van der Waals surface area contributed by atoms with Crippen molar-refractivity contribution in [2.24, 2.45) is 0 Å². The quantitative estimate of drug-likeness (QED) is 0.176. The molecule has 1 atom stereocenters. The number of unbranched alkanes of at least 4 members (excludes halogenated alkanes) is 1. The Morgan fingerprint density at radius 1 is 1.14 bits per heavy atom. The second-order valence-electron chi connectivity index (χ2n) is 8.84. The SMILES string of the molecule is CCCCC(O)Nc1cncc(-c2ccc3[nH]nc(-c4cc5c(-c6ccc(F)s6)ccnc5[nH]4)c3n2)c1. The van der Waals surface area contributed by atoms with Gasteiger partial charge in [0.25, 0.3) is 0 Å². The maximum atomic E-state index is 13.7. The molecule has 0 saturated heterocycles. The number of halogens is 1. The zero-order valence-corrected chi connectivity index (χ0v) is 20.8. The van der Waals surface area contributed by atoms with E-state index in [0.717, 1.165) is 68.2 Å². The van der Waals surface area contributed by atoms with E-state index in [1.54, 1.807) is 24.7 Å². The summed E-state index contributed by atoms with van der Waals surface area (Å²) in [6.07, 6.45) is 7.16. The first-order valence-corrected chi connectivity index (χ1v) is 12.9. The molecule has 0 aromatic carbocycles. The second-order valence-corrected chi connectivity index (χ2v) is 9.87. The third-order valence-electron chi connectivity index (χ3n) is 6.23. The number of pyridine rings is 3. The summed E-state index contributed by atoms with van der Waals surface area (Å²) in [4.78, 5) is 17.9. The summed E-state index contributed by atoms with van der Waals surface area (Å²) in [5.41, 5.74) is 6.81. The first kappa shape index (κ1) is 23.3. The monoisotopic (exact) mass is 513 g/mol. The van der Waals surface area contributed by atoms with E-state index in [-0.39, 0.29) is 5.13 Å². The molecule has 4 N–H and O–H groups in total. The van der Waals surface area contributed by atoms with E-state index in [9.17, 15) is 9.50 Å². The van der Waals surface area contributed by atoms with Gasteiger partial charge in [-0.15, -0.1) is 11.3 Å². The minimum absolute atomic E-state index is 0.227. The Bertz CT molecular complexity index is 1710. The summed E-state index contributed by atoms with van der Waals surface area (Å²) in [5.74, 6) is 0. The van der Waals surface area contributed by atoms with Crippen LogP contribution >= 0.6 is 11.3 Å². The van der Waals surface area contributed by atoms with Crippen molar-refractivity contribution >= 4 is 39.1 Å². The number of thiophene rings is 1. The van der Waals surface area contributed by atoms with Gasteiger partial charge in [-0.05, 0) is 55.3 Å². The van der Waals surface area contributed by atoms with Crippen molar-refractivity contribution in [1.82, 2.24) is 30.1 Å². The van der Waals surface area contributed by atoms with Gasteiger partial charge in [0.2, 0.25) is 0 Å². The molecule has 6 rings (SSSR count). The first-order valence-electron chi connectivity index (χ1n) is 12.1. The fourth-order valence-electron chi connectivity index (χ4n) is 4.40. The molecule has 0 radical (unpaired) electrons. The highest BCUT2D eigenvalue weighted by Gasteiger charge is 2.17. The predicted octanol–water partition coefficient (Wildman–Crippen LogP) is 6.35. The maximum absolute atomic E-state index is 13.7. The van der Waals surface area contributed by atoms with Crippen LogP contribution in [-0.2, 0) is 0 Å². The number of aliphatic hydroxyl groups is 1. The van der Waals surface area contributed by atoms with Crippen LogP contribution in [0.2, 0.25) is 0 Å². The van der Waals surface area contributed by atoms with Crippen LogP contribution in [0.25, 0.3) is 55.2 Å². The largest absolute Gasteiger partial charge is 0.374 e. The average Bonchev–Trinajstić information content (AvgIpc) is 3.64. The van der Waals surface area contributed by atoms with Gasteiger partial charge >= 0.3 is 0 Å². The van der Waals surface area contributed by atoms with E-state index in [1.807, 2.05) is 30.3 Å². The van der Waals surface area contributed by atoms with Crippen molar-refractivity contribution in [3.05, 3.63) is 66.2 Å². The molecule has 37 heavy (non-hydrogen) atoms. The van der Waals surface area contributed by atoms with Gasteiger partial charge in [0.05, 0.1) is 28.8 Å². The van der Waals surface area contributed by atoms with E-state index in [2.05, 4.69) is 37.4 Å². The Morgan fingerprint density at radius 2 is 2.05 bits per heavy atom. The summed E-state index contributed by atoms with van der Waals surface area (Å²) >= 11 is 1.10. The molecule has 0 fully saturated rings. The number of fused-ring (bicyclic) bond motifs is 2. The van der Waals surface area contributed by atoms with Gasteiger partial charge in [-0.3, -0.25) is 10.1 Å². The highest BCUT2D eigenvalue weighted by atomic mass is 32.1. The number of nitrogens with one attached hydrogen (secondary N) is 3. The molecule has 0 saturated carbocycles. The zero-order chi connectivity index (χ0) is 25.4. The zero-order valence-electron chi connectivity index (χ0n) is 20.0. The van der Waals surface area contributed by atoms with Crippen molar-refractivity contribution in [2.45, 2.75) is 32.4 Å². The number of nitrogens with zero attached hydrogens (tertiary/aromatic N) is 4. The Hall–Kier alpha value is -4.15. The lowest BCUT2D eigenvalue weighted by Gasteiger charge is -2.14. The topological polar surface area (TPSA) is 115 Å². The molecule has 6 aromatic rings. The van der Waals surface area contributed by atoms with Crippen LogP contribution in [0.15, 0.2) is 61.1 Å². The molecule has 0 aliphatic rings. The first-order chi connectivity index (χ1) is 18.1. The van der Waals surface area contributed by atoms with Crippen molar-refractivity contribution in [3.63, 3.8) is 0 Å². The lowest BCUT2D eigenvalue weighted by atomic mass is 10.1. The van der Waals surface area contributed by atoms with E-state index in [4.69, 9.17) is 4.98 Å². The number of rotatable bonds is 8. The molecule has 0 aliphatic heterocycles. The fourth-order valence-corrected chi connectivity index (χ4v) is 5.17. The smallest absolute Gasteiger partial charge is 0.176 e. The van der Waals surface area contributed by atoms with Gasteiger partial charge < -0.3 is 15.4 Å². The summed E-state index contributed by atoms with van der Waals surface area (Å²) in [5, 5.41) is 21.6. The average molecular weight is 514 g/mol. The minimum atomic E-state index is -0.626. The van der Waals surface area contributed by atoms with Crippen LogP contribution in [0.3, 0.4) is 0 Å². The van der Waals surface area contributed by atoms with Crippen LogP contribution in [-0.4, -0.2) is 41.5 Å². The molecular weight excluding hydrogens is 489 g/mol. The molecule has 6 aromatic heterocycles. The number of aliphatic hydroxyl groups excluding tert-OH is 1. The van der Waals surface area contributed by atoms with Gasteiger partial charge in [-0.25, -0.2) is 9.97 Å². The highest BCUT2D eigenvalue weighted by Crippen LogP contribution is 2.35. The van der Waals surface area contributed by atoms with Gasteiger partial charge in [0.15, 0.2) is 5.13 Å². The summed E-state index contributed by atoms with van der Waals surface area (Å²) in [7, 11) is 0. The van der Waals surface area contributed by atoms with Crippen molar-refractivity contribution in [1.29, 1.82) is 0 Å². The normalized spacial score (nSPS) is 12.4. The summed E-state index contributed by atoms with van der Waals surface area (Å²) in [6.45, 7) is 2.09. The molecule has 0 bridgehead atoms. The molecule has 8 nitrogen and oxygen atoms in total. The molecule has 0 spiro atoms. The molecule has 10 heteroatoms. The van der Waals surface area contributed by atoms with Crippen LogP contribution in [0.5, 0.6) is 0 Å². The van der Waals surface area contributed by atoms with Crippen LogP contribution in [0.4, 0.5) is 10.1 Å². The summed E-state index contributed by atoms with van der Waals surface area (Å²) < 4.78 is 13.7. The fraction of sp³-hybridized carbons (Fsp3) is 0.185. The molecular formula is C27H24FN7OS. The highest BCUT2D eigenvalue weighted by molar-refractivity contribution is 7.14. The van der Waals surface area contributed by atoms with Gasteiger partial charge in [0, 0.05) is 33.8 Å². The third-order valence-corrected chi connectivity index (χ3v) is 7.14. The summed E-state index contributed by atoms with van der Waals surface area (Å²) in [6, 6.07) is 12.9. The van der Waals surface area contributed by atoms with E-state index in [1.165, 1.54) is 6.07 Å². The number of hydrogen-bond donors (Lipinski definition) is 4. The number of anilines is 1. The molecule has 1 unspecified atom stereocenters. The van der Waals surface area contributed by atoms with Crippen molar-refractivity contribution in [3.8, 4) is 33.1 Å². The number of aromatic amines is 2. The predicted molar refractivity (Wildman–Crippen MR) is 145 cm³/mol. The van der Waals surface area contributed by atoms with Crippen LogP contribution in [0.1, 0.15) is 26.2 Å². The van der Waals surface area contributed by atoms with Crippen LogP contribution in [0, 0.1) is 5.13 Å². The molecule has 0 aliphatic carbocycles. The van der Waals surface area contributed by atoms with Gasteiger partial charge in [0.1, 0.15) is 23.1 Å². The van der Waals surface area contributed by atoms with Crippen LogP contribution < -0.4 is 5.32 Å². The van der Waals surface area contributed by atoms with E-state index >= 15 is 0 Å². The number of H-pyrrole nitrogens is 2. The van der Waals surface area contributed by atoms with E-state index < -0.39 is 6.23 Å². The van der Waals surface area contributed by atoms with Crippen molar-refractivity contribution in [2.75, 3.05) is 5.32 Å².